The third-order valence-electron chi connectivity index (χ3n) is 3.26. The van der Waals surface area contributed by atoms with E-state index in [4.69, 9.17) is 9.84 Å². The second-order valence-corrected chi connectivity index (χ2v) is 5.48. The fourth-order valence-corrected chi connectivity index (χ4v) is 2.68. The Morgan fingerprint density at radius 3 is 3.00 bits per heavy atom. The van der Waals surface area contributed by atoms with Crippen LogP contribution in [-0.4, -0.2) is 54.7 Å². The Morgan fingerprint density at radius 1 is 1.47 bits per heavy atom. The van der Waals surface area contributed by atoms with Crippen molar-refractivity contribution in [2.75, 3.05) is 32.8 Å². The van der Waals surface area contributed by atoms with Gasteiger partial charge in [-0.2, -0.15) is 0 Å². The lowest BCUT2D eigenvalue weighted by Gasteiger charge is -2.31. The first-order valence-corrected chi connectivity index (χ1v) is 7.22. The van der Waals surface area contributed by atoms with E-state index in [1.165, 1.54) is 0 Å². The third kappa shape index (κ3) is 4.11. The van der Waals surface area contributed by atoms with Crippen LogP contribution >= 0.6 is 15.9 Å². The first-order valence-electron chi connectivity index (χ1n) is 6.43. The predicted octanol–water partition coefficient (Wildman–Crippen LogP) is 1.71. The molecule has 0 bridgehead atoms. The normalized spacial score (nSPS) is 20.4. The lowest BCUT2D eigenvalue weighted by Crippen LogP contribution is -2.44. The lowest BCUT2D eigenvalue weighted by molar-refractivity contribution is -0.0523. The number of Topliss-reactive ketones (excluding diaryl/α,β-unsaturated/α-hetero) is 1. The average Bonchev–Trinajstić information content (AvgIpc) is 2.45. The molecule has 1 aliphatic heterocycles. The lowest BCUT2D eigenvalue weighted by atomic mass is 10.1. The van der Waals surface area contributed by atoms with E-state index in [0.717, 1.165) is 16.6 Å². The van der Waals surface area contributed by atoms with Crippen molar-refractivity contribution in [2.24, 2.45) is 0 Å². The van der Waals surface area contributed by atoms with Gasteiger partial charge in [0, 0.05) is 36.1 Å². The summed E-state index contributed by atoms with van der Waals surface area (Å²) in [5.41, 5.74) is 0.731. The van der Waals surface area contributed by atoms with Crippen LogP contribution in [0.15, 0.2) is 28.7 Å². The number of hydrogen-bond acceptors (Lipinski definition) is 4. The molecule has 1 aromatic rings. The molecule has 1 saturated heterocycles. The Morgan fingerprint density at radius 2 is 2.26 bits per heavy atom. The zero-order valence-corrected chi connectivity index (χ0v) is 12.3. The second-order valence-electron chi connectivity index (χ2n) is 4.63. The number of aliphatic hydroxyl groups is 1. The Bertz CT molecular complexity index is 438. The predicted molar refractivity (Wildman–Crippen MR) is 76.4 cm³/mol. The van der Waals surface area contributed by atoms with Crippen LogP contribution in [0.1, 0.15) is 16.8 Å². The summed E-state index contributed by atoms with van der Waals surface area (Å²) in [6.07, 6.45) is 0.369. The summed E-state index contributed by atoms with van der Waals surface area (Å²) >= 11 is 3.40. The molecular formula is C14H18BrNO3. The van der Waals surface area contributed by atoms with E-state index < -0.39 is 0 Å². The van der Waals surface area contributed by atoms with Gasteiger partial charge in [0.25, 0.3) is 0 Å². The average molecular weight is 328 g/mol. The van der Waals surface area contributed by atoms with Crippen molar-refractivity contribution in [2.45, 2.75) is 12.5 Å². The summed E-state index contributed by atoms with van der Waals surface area (Å²) in [4.78, 5) is 14.3. The smallest absolute Gasteiger partial charge is 0.165 e. The maximum absolute atomic E-state index is 12.1. The van der Waals surface area contributed by atoms with Crippen LogP contribution in [0.3, 0.4) is 0 Å². The summed E-state index contributed by atoms with van der Waals surface area (Å²) in [6, 6.07) is 7.48. The van der Waals surface area contributed by atoms with Gasteiger partial charge < -0.3 is 9.84 Å². The number of aliphatic hydroxyl groups excluding tert-OH is 1. The highest BCUT2D eigenvalue weighted by atomic mass is 79.9. The summed E-state index contributed by atoms with van der Waals surface area (Å²) in [6.45, 7) is 2.88. The van der Waals surface area contributed by atoms with Crippen LogP contribution in [0.5, 0.6) is 0 Å². The molecule has 1 aliphatic rings. The minimum Gasteiger partial charge on any atom is -0.394 e. The topological polar surface area (TPSA) is 49.8 Å². The molecule has 4 nitrogen and oxygen atoms in total. The molecule has 0 saturated carbocycles. The molecule has 5 heteroatoms. The fraction of sp³-hybridized carbons (Fsp3) is 0.500. The van der Waals surface area contributed by atoms with Gasteiger partial charge >= 0.3 is 0 Å². The van der Waals surface area contributed by atoms with Gasteiger partial charge in [-0.25, -0.2) is 0 Å². The molecule has 1 aromatic carbocycles. The number of halogens is 1. The first-order chi connectivity index (χ1) is 9.20. The van der Waals surface area contributed by atoms with E-state index >= 15 is 0 Å². The number of benzene rings is 1. The highest BCUT2D eigenvalue weighted by molar-refractivity contribution is 9.10. The van der Waals surface area contributed by atoms with Gasteiger partial charge in [0.15, 0.2) is 5.78 Å². The Hall–Kier alpha value is -0.750. The zero-order valence-electron chi connectivity index (χ0n) is 10.7. The van der Waals surface area contributed by atoms with Gasteiger partial charge in [0.2, 0.25) is 0 Å². The summed E-state index contributed by atoms with van der Waals surface area (Å²) < 4.78 is 6.23. The molecule has 0 aliphatic carbocycles. The summed E-state index contributed by atoms with van der Waals surface area (Å²) in [7, 11) is 0. The molecule has 19 heavy (non-hydrogen) atoms. The van der Waals surface area contributed by atoms with E-state index in [9.17, 15) is 4.79 Å². The summed E-state index contributed by atoms with van der Waals surface area (Å²) in [5, 5.41) is 9.08. The molecule has 1 N–H and O–H groups in total. The van der Waals surface area contributed by atoms with Gasteiger partial charge in [-0.05, 0) is 6.07 Å². The SMILES string of the molecule is O=C(CCN1CCOC(CO)C1)c1ccccc1Br. The molecule has 0 amide bonds. The van der Waals surface area contributed by atoms with Crippen LogP contribution < -0.4 is 0 Å². The molecule has 0 aromatic heterocycles. The van der Waals surface area contributed by atoms with Crippen molar-refractivity contribution in [1.82, 2.24) is 4.90 Å². The van der Waals surface area contributed by atoms with Crippen LogP contribution in [-0.2, 0) is 4.74 Å². The van der Waals surface area contributed by atoms with Crippen molar-refractivity contribution < 1.29 is 14.6 Å². The molecule has 1 atom stereocenters. The Labute approximate surface area is 121 Å². The molecule has 0 radical (unpaired) electrons. The van der Waals surface area contributed by atoms with E-state index in [1.54, 1.807) is 0 Å². The quantitative estimate of drug-likeness (QED) is 0.836. The number of morpholine rings is 1. The van der Waals surface area contributed by atoms with Crippen LogP contribution in [0, 0.1) is 0 Å². The van der Waals surface area contributed by atoms with Crippen molar-refractivity contribution in [1.29, 1.82) is 0 Å². The van der Waals surface area contributed by atoms with Crippen molar-refractivity contribution in [3.63, 3.8) is 0 Å². The van der Waals surface area contributed by atoms with E-state index in [2.05, 4.69) is 20.8 Å². The molecule has 1 fully saturated rings. The van der Waals surface area contributed by atoms with E-state index in [-0.39, 0.29) is 18.5 Å². The van der Waals surface area contributed by atoms with Crippen molar-refractivity contribution in [3.05, 3.63) is 34.3 Å². The number of ketones is 1. The van der Waals surface area contributed by atoms with Crippen LogP contribution in [0.4, 0.5) is 0 Å². The Kier molecular flexibility index (Phi) is 5.51. The third-order valence-corrected chi connectivity index (χ3v) is 3.95. The van der Waals surface area contributed by atoms with E-state index in [0.29, 0.717) is 26.1 Å². The monoisotopic (exact) mass is 327 g/mol. The minimum absolute atomic E-state index is 0.0364. The van der Waals surface area contributed by atoms with Gasteiger partial charge in [-0.3, -0.25) is 9.69 Å². The van der Waals surface area contributed by atoms with Gasteiger partial charge in [0.05, 0.1) is 19.3 Å². The molecule has 1 unspecified atom stereocenters. The van der Waals surface area contributed by atoms with Gasteiger partial charge in [-0.1, -0.05) is 34.1 Å². The maximum atomic E-state index is 12.1. The van der Waals surface area contributed by atoms with Crippen molar-refractivity contribution >= 4 is 21.7 Å². The number of carbonyl (C=O) groups is 1. The highest BCUT2D eigenvalue weighted by Crippen LogP contribution is 2.18. The largest absolute Gasteiger partial charge is 0.394 e. The molecule has 0 spiro atoms. The standard InChI is InChI=1S/C14H18BrNO3/c15-13-4-2-1-3-12(13)14(18)5-6-16-7-8-19-11(9-16)10-17/h1-4,11,17H,5-10H2. The Balaban J connectivity index is 1.85. The molecule has 104 valence electrons. The minimum atomic E-state index is -0.118. The van der Waals surface area contributed by atoms with Gasteiger partial charge in [-0.15, -0.1) is 0 Å². The number of rotatable bonds is 5. The number of carbonyl (C=O) groups excluding carboxylic acids is 1. The molecular weight excluding hydrogens is 310 g/mol. The molecule has 2 rings (SSSR count). The number of ether oxygens (including phenoxy) is 1. The van der Waals surface area contributed by atoms with Crippen LogP contribution in [0.2, 0.25) is 0 Å². The van der Waals surface area contributed by atoms with E-state index in [1.807, 2.05) is 24.3 Å². The first kappa shape index (κ1) is 14.7. The zero-order chi connectivity index (χ0) is 13.7. The number of nitrogens with zero attached hydrogens (tertiary/aromatic N) is 1. The summed E-state index contributed by atoms with van der Waals surface area (Å²) in [5.74, 6) is 0.138. The molecule has 1 heterocycles. The highest BCUT2D eigenvalue weighted by Gasteiger charge is 2.20. The van der Waals surface area contributed by atoms with Crippen LogP contribution in [0.25, 0.3) is 0 Å². The maximum Gasteiger partial charge on any atom is 0.165 e. The van der Waals surface area contributed by atoms with Crippen molar-refractivity contribution in [3.8, 4) is 0 Å². The second kappa shape index (κ2) is 7.14. The number of hydrogen-bond donors (Lipinski definition) is 1. The fourth-order valence-electron chi connectivity index (χ4n) is 2.18. The van der Waals surface area contributed by atoms with Gasteiger partial charge in [0.1, 0.15) is 0 Å².